The van der Waals surface area contributed by atoms with Crippen LogP contribution in [0.3, 0.4) is 0 Å². The van der Waals surface area contributed by atoms with Crippen molar-refractivity contribution in [2.24, 2.45) is 0 Å². The lowest BCUT2D eigenvalue weighted by molar-refractivity contribution is 0.669. The molecule has 0 radical (unpaired) electrons. The number of rotatable bonds is 10. The molecule has 2 nitrogen and oxygen atoms in total. The van der Waals surface area contributed by atoms with E-state index < -0.39 is 8.07 Å². The van der Waals surface area contributed by atoms with Crippen LogP contribution in [0.4, 0.5) is 0 Å². The summed E-state index contributed by atoms with van der Waals surface area (Å²) in [6, 6.07) is 106. The highest BCUT2D eigenvalue weighted by Crippen LogP contribution is 2.43. The van der Waals surface area contributed by atoms with E-state index >= 15 is 0 Å². The third-order valence-electron chi connectivity index (χ3n) is 15.2. The van der Waals surface area contributed by atoms with Gasteiger partial charge in [0.25, 0.3) is 0 Å². The molecule has 0 atom stereocenters. The minimum absolute atomic E-state index is 0.876. The lowest BCUT2D eigenvalue weighted by Crippen LogP contribution is -2.74. The van der Waals surface area contributed by atoms with Gasteiger partial charge < -0.3 is 8.83 Å². The Morgan fingerprint density at radius 3 is 0.827 bits per heavy atom. The summed E-state index contributed by atoms with van der Waals surface area (Å²) in [5, 5.41) is 9.64. The molecular formula is C72H48O2Si. The van der Waals surface area contributed by atoms with Gasteiger partial charge in [-0.25, -0.2) is 0 Å². The first-order valence-corrected chi connectivity index (χ1v) is 27.7. The van der Waals surface area contributed by atoms with Gasteiger partial charge in [-0.15, -0.1) is 0 Å². The molecule has 0 aliphatic rings. The quantitative estimate of drug-likeness (QED) is 0.101. The molecule has 2 heterocycles. The molecule has 0 N–H and O–H groups in total. The van der Waals surface area contributed by atoms with Gasteiger partial charge in [-0.1, -0.05) is 243 Å². The third kappa shape index (κ3) is 7.72. The van der Waals surface area contributed by atoms with Gasteiger partial charge in [-0.2, -0.15) is 0 Å². The van der Waals surface area contributed by atoms with Crippen molar-refractivity contribution in [2.45, 2.75) is 0 Å². The number of benzene rings is 12. The second-order valence-electron chi connectivity index (χ2n) is 19.5. The maximum atomic E-state index is 6.87. The second kappa shape index (κ2) is 18.5. The van der Waals surface area contributed by atoms with Gasteiger partial charge in [-0.05, 0) is 125 Å². The molecule has 0 unspecified atom stereocenters. The Labute approximate surface area is 437 Å². The van der Waals surface area contributed by atoms with Crippen molar-refractivity contribution in [1.29, 1.82) is 0 Å². The predicted molar refractivity (Wildman–Crippen MR) is 317 cm³/mol. The van der Waals surface area contributed by atoms with Crippen molar-refractivity contribution in [3.63, 3.8) is 0 Å². The fraction of sp³-hybridized carbons (Fsp3) is 0. The fourth-order valence-electron chi connectivity index (χ4n) is 11.6. The SMILES string of the molecule is c1ccc(-c2ccc3oc4c(-c5ccc([Si](c6ccccc6)(c6ccccc6)c6ccc(-c7cc(-c8ccccc8)cc8c7oc7ccc(-c9ccccc9)cc78)cc6)cc5)cc(-c5ccccc5)cc4c3c2)cc1. The maximum absolute atomic E-state index is 6.87. The van der Waals surface area contributed by atoms with Gasteiger partial charge in [0.2, 0.25) is 0 Å². The van der Waals surface area contributed by atoms with Crippen molar-refractivity contribution in [1.82, 2.24) is 0 Å². The van der Waals surface area contributed by atoms with Gasteiger partial charge in [0, 0.05) is 32.7 Å². The number of hydrogen-bond donors (Lipinski definition) is 0. The van der Waals surface area contributed by atoms with Crippen LogP contribution in [0.1, 0.15) is 0 Å². The van der Waals surface area contributed by atoms with Crippen LogP contribution in [-0.4, -0.2) is 8.07 Å². The van der Waals surface area contributed by atoms with Gasteiger partial charge in [-0.3, -0.25) is 0 Å². The van der Waals surface area contributed by atoms with Gasteiger partial charge in [0.15, 0.2) is 8.07 Å². The van der Waals surface area contributed by atoms with Crippen LogP contribution in [-0.2, 0) is 0 Å². The summed E-state index contributed by atoms with van der Waals surface area (Å²) >= 11 is 0. The normalized spacial score (nSPS) is 11.7. The molecule has 0 amide bonds. The van der Waals surface area contributed by atoms with Crippen LogP contribution in [0, 0.1) is 0 Å². The number of fused-ring (bicyclic) bond motifs is 6. The highest BCUT2D eigenvalue weighted by Gasteiger charge is 2.41. The highest BCUT2D eigenvalue weighted by atomic mass is 28.3. The summed E-state index contributed by atoms with van der Waals surface area (Å²) in [6.07, 6.45) is 0. The van der Waals surface area contributed by atoms with Crippen LogP contribution in [0.5, 0.6) is 0 Å². The van der Waals surface area contributed by atoms with Crippen LogP contribution < -0.4 is 20.7 Å². The van der Waals surface area contributed by atoms with Crippen LogP contribution in [0.2, 0.25) is 0 Å². The molecular weight excluding hydrogens is 925 g/mol. The maximum Gasteiger partial charge on any atom is 0.179 e. The molecule has 0 aliphatic carbocycles. The number of hydrogen-bond acceptors (Lipinski definition) is 2. The molecule has 14 aromatic rings. The average Bonchev–Trinajstić information content (AvgIpc) is 4.07. The summed E-state index contributed by atoms with van der Waals surface area (Å²) in [4.78, 5) is 0. The largest absolute Gasteiger partial charge is 0.455 e. The molecule has 2 aromatic heterocycles. The van der Waals surface area contributed by atoms with Crippen molar-refractivity contribution < 1.29 is 8.83 Å². The molecule has 0 bridgehead atoms. The Hall–Kier alpha value is -9.54. The van der Waals surface area contributed by atoms with Crippen molar-refractivity contribution in [2.75, 3.05) is 0 Å². The standard InChI is InChI=1S/C72H48O2Si/c1-7-19-49(20-8-1)55-35-41-69-65(43-55)67-47-57(51-23-11-3-12-24-51)45-63(71(67)73-69)53-31-37-61(38-32-53)75(59-27-15-5-16-28-59,60-29-17-6-18-30-60)62-39-33-54(34-40-62)64-46-58(52-25-13-4-14-26-52)48-68-66-44-56(50-21-9-2-10-22-50)36-42-70(66)74-72(64)68/h1-48H. The Kier molecular flexibility index (Phi) is 10.9. The summed E-state index contributed by atoms with van der Waals surface area (Å²) in [5.74, 6) is 0. The van der Waals surface area contributed by atoms with Crippen LogP contribution in [0.15, 0.2) is 300 Å². The van der Waals surface area contributed by atoms with E-state index in [1.165, 1.54) is 54.1 Å². The molecule has 14 rings (SSSR count). The third-order valence-corrected chi connectivity index (χ3v) is 20.0. The zero-order valence-electron chi connectivity index (χ0n) is 41.0. The minimum Gasteiger partial charge on any atom is -0.455 e. The molecule has 352 valence electrons. The van der Waals surface area contributed by atoms with Crippen molar-refractivity contribution in [3.8, 4) is 66.8 Å². The minimum atomic E-state index is -2.96. The predicted octanol–water partition coefficient (Wildman–Crippen LogP) is 16.9. The molecule has 0 fully saturated rings. The van der Waals surface area contributed by atoms with Crippen LogP contribution in [0.25, 0.3) is 111 Å². The average molecular weight is 973 g/mol. The monoisotopic (exact) mass is 972 g/mol. The summed E-state index contributed by atoms with van der Waals surface area (Å²) in [7, 11) is -2.96. The summed E-state index contributed by atoms with van der Waals surface area (Å²) < 4.78 is 13.7. The van der Waals surface area contributed by atoms with E-state index in [1.807, 2.05) is 0 Å². The van der Waals surface area contributed by atoms with Crippen LogP contribution >= 0.6 is 0 Å². The molecule has 0 aliphatic heterocycles. The summed E-state index contributed by atoms with van der Waals surface area (Å²) in [6.45, 7) is 0. The Balaban J connectivity index is 0.932. The molecule has 0 saturated heterocycles. The van der Waals surface area contributed by atoms with E-state index in [1.54, 1.807) is 0 Å². The van der Waals surface area contributed by atoms with E-state index in [2.05, 4.69) is 291 Å². The van der Waals surface area contributed by atoms with Gasteiger partial charge in [0.1, 0.15) is 22.3 Å². The van der Waals surface area contributed by atoms with E-state index in [0.29, 0.717) is 0 Å². The van der Waals surface area contributed by atoms with Crippen molar-refractivity contribution in [3.05, 3.63) is 291 Å². The lowest BCUT2D eigenvalue weighted by Gasteiger charge is -2.34. The van der Waals surface area contributed by atoms with Crippen molar-refractivity contribution >= 4 is 72.7 Å². The van der Waals surface area contributed by atoms with E-state index in [0.717, 1.165) is 77.3 Å². The molecule has 75 heavy (non-hydrogen) atoms. The molecule has 0 spiro atoms. The molecule has 12 aromatic carbocycles. The first kappa shape index (κ1) is 44.2. The Morgan fingerprint density at radius 1 is 0.200 bits per heavy atom. The Bertz CT molecular complexity index is 4050. The Morgan fingerprint density at radius 2 is 0.480 bits per heavy atom. The topological polar surface area (TPSA) is 26.3 Å². The molecule has 0 saturated carbocycles. The lowest BCUT2D eigenvalue weighted by atomic mass is 9.95. The van der Waals surface area contributed by atoms with E-state index in [9.17, 15) is 0 Å². The highest BCUT2D eigenvalue weighted by molar-refractivity contribution is 7.19. The smallest absolute Gasteiger partial charge is 0.179 e. The zero-order chi connectivity index (χ0) is 49.7. The summed E-state index contributed by atoms with van der Waals surface area (Å²) in [5.41, 5.74) is 17.2. The van der Waals surface area contributed by atoms with Gasteiger partial charge >= 0.3 is 0 Å². The number of furan rings is 2. The van der Waals surface area contributed by atoms with E-state index in [-0.39, 0.29) is 0 Å². The molecule has 3 heteroatoms. The first-order valence-electron chi connectivity index (χ1n) is 25.7. The fourth-order valence-corrected chi connectivity index (χ4v) is 16.3. The first-order chi connectivity index (χ1) is 37.2. The second-order valence-corrected chi connectivity index (χ2v) is 23.3. The van der Waals surface area contributed by atoms with Gasteiger partial charge in [0.05, 0.1) is 0 Å². The zero-order valence-corrected chi connectivity index (χ0v) is 42.0. The van der Waals surface area contributed by atoms with E-state index in [4.69, 9.17) is 8.83 Å².